The van der Waals surface area contributed by atoms with Gasteiger partial charge in [-0.3, -0.25) is 0 Å². The third-order valence-electron chi connectivity index (χ3n) is 4.85. The Morgan fingerprint density at radius 1 is 1.17 bits per heavy atom. The minimum absolute atomic E-state index is 0.333. The van der Waals surface area contributed by atoms with Gasteiger partial charge in [0.05, 0.1) is 5.75 Å². The lowest BCUT2D eigenvalue weighted by molar-refractivity contribution is 0.330. The van der Waals surface area contributed by atoms with E-state index in [1.54, 1.807) is 0 Å². The minimum atomic E-state index is -3.00. The second kappa shape index (κ2) is 5.10. The first-order chi connectivity index (χ1) is 8.65. The van der Waals surface area contributed by atoms with Gasteiger partial charge in [-0.15, -0.1) is 0 Å². The summed E-state index contributed by atoms with van der Waals surface area (Å²) in [6, 6.07) is 0.757. The summed E-state index contributed by atoms with van der Waals surface area (Å²) in [6.45, 7) is 1.85. The van der Waals surface area contributed by atoms with E-state index in [4.69, 9.17) is 0 Å². The summed E-state index contributed by atoms with van der Waals surface area (Å²) < 4.78 is 26.5. The Morgan fingerprint density at radius 2 is 2.06 bits per heavy atom. The molecule has 3 unspecified atom stereocenters. The number of piperidine rings is 2. The van der Waals surface area contributed by atoms with E-state index < -0.39 is 10.0 Å². The molecule has 0 radical (unpaired) electrons. The predicted octanol–water partition coefficient (Wildman–Crippen LogP) is 1.33. The van der Waals surface area contributed by atoms with Crippen LogP contribution in [-0.4, -0.2) is 43.6 Å². The first kappa shape index (κ1) is 12.9. The minimum Gasteiger partial charge on any atom is -0.314 e. The van der Waals surface area contributed by atoms with Gasteiger partial charge >= 0.3 is 0 Å². The zero-order valence-electron chi connectivity index (χ0n) is 11.0. The van der Waals surface area contributed by atoms with Crippen LogP contribution in [0.2, 0.25) is 0 Å². The Labute approximate surface area is 110 Å². The van der Waals surface area contributed by atoms with E-state index in [1.165, 1.54) is 19.3 Å². The molecule has 18 heavy (non-hydrogen) atoms. The van der Waals surface area contributed by atoms with Crippen molar-refractivity contribution in [3.05, 3.63) is 0 Å². The number of rotatable bonds is 4. The van der Waals surface area contributed by atoms with Crippen LogP contribution in [0.5, 0.6) is 0 Å². The standard InChI is InChI=1S/C13H24N2O2S/c16-18(17,8-6-12-3-1-2-7-14-12)15-10-11-4-5-13(15)9-11/h11-14H,1-10H2. The topological polar surface area (TPSA) is 49.4 Å². The van der Waals surface area contributed by atoms with Gasteiger partial charge in [-0.2, -0.15) is 4.31 Å². The molecule has 0 aromatic rings. The number of nitrogens with zero attached hydrogens (tertiary/aromatic N) is 1. The van der Waals surface area contributed by atoms with Crippen molar-refractivity contribution in [2.75, 3.05) is 18.8 Å². The molecule has 2 bridgehead atoms. The van der Waals surface area contributed by atoms with Gasteiger partial charge < -0.3 is 5.32 Å². The zero-order chi connectivity index (χ0) is 12.6. The summed E-state index contributed by atoms with van der Waals surface area (Å²) in [5.74, 6) is 0.992. The third kappa shape index (κ3) is 2.58. The van der Waals surface area contributed by atoms with Crippen molar-refractivity contribution in [2.45, 2.75) is 57.0 Å². The summed E-state index contributed by atoms with van der Waals surface area (Å²) in [6.07, 6.45) is 7.84. The van der Waals surface area contributed by atoms with Crippen molar-refractivity contribution in [3.63, 3.8) is 0 Å². The molecule has 4 nitrogen and oxygen atoms in total. The highest BCUT2D eigenvalue weighted by atomic mass is 32.2. The molecule has 3 aliphatic rings. The average Bonchev–Trinajstić information content (AvgIpc) is 3.00. The van der Waals surface area contributed by atoms with Crippen LogP contribution in [0.15, 0.2) is 0 Å². The average molecular weight is 272 g/mol. The quantitative estimate of drug-likeness (QED) is 0.840. The number of fused-ring (bicyclic) bond motifs is 2. The monoisotopic (exact) mass is 272 g/mol. The zero-order valence-corrected chi connectivity index (χ0v) is 11.8. The summed E-state index contributed by atoms with van der Waals surface area (Å²) in [4.78, 5) is 0. The molecule has 2 aliphatic heterocycles. The van der Waals surface area contributed by atoms with E-state index in [2.05, 4.69) is 5.32 Å². The summed E-state index contributed by atoms with van der Waals surface area (Å²) in [5, 5.41) is 3.43. The van der Waals surface area contributed by atoms with Gasteiger partial charge in [0.15, 0.2) is 0 Å². The molecule has 0 amide bonds. The number of sulfonamides is 1. The number of hydrogen-bond acceptors (Lipinski definition) is 3. The van der Waals surface area contributed by atoms with Crippen LogP contribution in [0.3, 0.4) is 0 Å². The molecular formula is C13H24N2O2S. The Balaban J connectivity index is 1.54. The Kier molecular flexibility index (Phi) is 3.65. The lowest BCUT2D eigenvalue weighted by Crippen LogP contribution is -2.41. The fourth-order valence-electron chi connectivity index (χ4n) is 3.80. The van der Waals surface area contributed by atoms with Gasteiger partial charge in [-0.05, 0) is 51.0 Å². The van der Waals surface area contributed by atoms with E-state index in [0.29, 0.717) is 23.8 Å². The first-order valence-corrected chi connectivity index (χ1v) is 8.99. The fraction of sp³-hybridized carbons (Fsp3) is 1.00. The number of nitrogens with one attached hydrogen (secondary N) is 1. The van der Waals surface area contributed by atoms with Crippen molar-refractivity contribution >= 4 is 10.0 Å². The molecule has 5 heteroatoms. The highest BCUT2D eigenvalue weighted by Gasteiger charge is 2.43. The normalized spacial score (nSPS) is 37.2. The van der Waals surface area contributed by atoms with Gasteiger partial charge in [-0.1, -0.05) is 6.42 Å². The van der Waals surface area contributed by atoms with E-state index in [9.17, 15) is 8.42 Å². The van der Waals surface area contributed by atoms with Crippen molar-refractivity contribution in [2.24, 2.45) is 5.92 Å². The predicted molar refractivity (Wildman–Crippen MR) is 71.9 cm³/mol. The largest absolute Gasteiger partial charge is 0.314 e. The van der Waals surface area contributed by atoms with Crippen LogP contribution >= 0.6 is 0 Å². The Morgan fingerprint density at radius 3 is 2.67 bits per heavy atom. The SMILES string of the molecule is O=S(=O)(CCC1CCCCN1)N1CC2CCC1C2. The molecule has 1 saturated carbocycles. The molecule has 1 aliphatic carbocycles. The van der Waals surface area contributed by atoms with E-state index in [1.807, 2.05) is 4.31 Å². The van der Waals surface area contributed by atoms with Gasteiger partial charge in [0, 0.05) is 18.6 Å². The van der Waals surface area contributed by atoms with E-state index in [-0.39, 0.29) is 0 Å². The third-order valence-corrected chi connectivity index (χ3v) is 6.77. The van der Waals surface area contributed by atoms with Crippen LogP contribution in [0.25, 0.3) is 0 Å². The highest BCUT2D eigenvalue weighted by molar-refractivity contribution is 7.89. The molecule has 3 fully saturated rings. The first-order valence-electron chi connectivity index (χ1n) is 7.38. The van der Waals surface area contributed by atoms with Crippen LogP contribution < -0.4 is 5.32 Å². The smallest absolute Gasteiger partial charge is 0.214 e. The van der Waals surface area contributed by atoms with Crippen LogP contribution in [0.1, 0.15) is 44.9 Å². The summed E-state index contributed by atoms with van der Waals surface area (Å²) in [7, 11) is -3.00. The fourth-order valence-corrected chi connectivity index (χ4v) is 5.70. The van der Waals surface area contributed by atoms with Gasteiger partial charge in [0.1, 0.15) is 0 Å². The molecular weight excluding hydrogens is 248 g/mol. The second-order valence-corrected chi connectivity index (χ2v) is 8.20. The summed E-state index contributed by atoms with van der Waals surface area (Å²) in [5.41, 5.74) is 0. The molecule has 104 valence electrons. The molecule has 1 N–H and O–H groups in total. The van der Waals surface area contributed by atoms with Crippen LogP contribution in [0, 0.1) is 5.92 Å². The Hall–Kier alpha value is -0.130. The van der Waals surface area contributed by atoms with Crippen LogP contribution in [0.4, 0.5) is 0 Å². The molecule has 3 atom stereocenters. The second-order valence-electron chi connectivity index (χ2n) is 6.15. The maximum absolute atomic E-state index is 12.4. The lowest BCUT2D eigenvalue weighted by Gasteiger charge is -2.28. The van der Waals surface area contributed by atoms with E-state index >= 15 is 0 Å². The molecule has 0 spiro atoms. The maximum atomic E-state index is 12.4. The van der Waals surface area contributed by atoms with Crippen molar-refractivity contribution in [3.8, 4) is 0 Å². The van der Waals surface area contributed by atoms with Crippen molar-refractivity contribution in [1.82, 2.24) is 9.62 Å². The molecule has 3 rings (SSSR count). The van der Waals surface area contributed by atoms with Gasteiger partial charge in [-0.25, -0.2) is 8.42 Å². The lowest BCUT2D eigenvalue weighted by atomic mass is 10.0. The maximum Gasteiger partial charge on any atom is 0.214 e. The molecule has 2 heterocycles. The Bertz CT molecular complexity index is 390. The van der Waals surface area contributed by atoms with E-state index in [0.717, 1.165) is 38.8 Å². The molecule has 0 aromatic heterocycles. The molecule has 0 aromatic carbocycles. The summed E-state index contributed by atoms with van der Waals surface area (Å²) >= 11 is 0. The van der Waals surface area contributed by atoms with Crippen molar-refractivity contribution < 1.29 is 8.42 Å². The highest BCUT2D eigenvalue weighted by Crippen LogP contribution is 2.39. The van der Waals surface area contributed by atoms with Gasteiger partial charge in [0.2, 0.25) is 10.0 Å². The number of hydrogen-bond donors (Lipinski definition) is 1. The van der Waals surface area contributed by atoms with Gasteiger partial charge in [0.25, 0.3) is 0 Å². The van der Waals surface area contributed by atoms with Crippen molar-refractivity contribution in [1.29, 1.82) is 0 Å². The molecule has 2 saturated heterocycles. The van der Waals surface area contributed by atoms with Crippen LogP contribution in [-0.2, 0) is 10.0 Å².